The fourth-order valence-electron chi connectivity index (χ4n) is 4.79. The van der Waals surface area contributed by atoms with E-state index in [1.807, 2.05) is 18.3 Å². The molecule has 1 aliphatic heterocycles. The van der Waals surface area contributed by atoms with Gasteiger partial charge in [-0.3, -0.25) is 10.3 Å². The van der Waals surface area contributed by atoms with Gasteiger partial charge < -0.3 is 20.9 Å². The molecule has 0 spiro atoms. The molecule has 8 nitrogen and oxygen atoms in total. The number of hydrogen-bond donors (Lipinski definition) is 4. The van der Waals surface area contributed by atoms with Gasteiger partial charge in [-0.05, 0) is 44.0 Å². The molecule has 5 N–H and O–H groups in total. The minimum Gasteiger partial charge on any atom is -0.335 e. The van der Waals surface area contributed by atoms with Crippen molar-refractivity contribution in [2.75, 3.05) is 25.0 Å². The summed E-state index contributed by atoms with van der Waals surface area (Å²) < 4.78 is 0. The summed E-state index contributed by atoms with van der Waals surface area (Å²) in [5.41, 5.74) is 3.14. The second kappa shape index (κ2) is 11.3. The predicted octanol–water partition coefficient (Wildman–Crippen LogP) is 3.12. The Labute approximate surface area is 195 Å². The van der Waals surface area contributed by atoms with Crippen LogP contribution in [-0.4, -0.2) is 58.8 Å². The van der Waals surface area contributed by atoms with Crippen molar-refractivity contribution in [1.29, 1.82) is 5.41 Å². The molecule has 0 unspecified atom stereocenters. The summed E-state index contributed by atoms with van der Waals surface area (Å²) >= 11 is 0. The molecule has 2 amide bonds. The molecule has 2 aliphatic rings. The average Bonchev–Trinajstić information content (AvgIpc) is 3.33. The van der Waals surface area contributed by atoms with Crippen LogP contribution in [-0.2, 0) is 0 Å². The molecule has 1 saturated carbocycles. The zero-order valence-electron chi connectivity index (χ0n) is 19.5. The maximum Gasteiger partial charge on any atom is 0.320 e. The van der Waals surface area contributed by atoms with Crippen molar-refractivity contribution in [3.05, 3.63) is 36.2 Å². The van der Waals surface area contributed by atoms with Gasteiger partial charge in [0.2, 0.25) is 0 Å². The molecule has 2 aromatic heterocycles. The van der Waals surface area contributed by atoms with Crippen LogP contribution in [0.25, 0.3) is 16.6 Å². The molecule has 1 saturated heterocycles. The lowest BCUT2D eigenvalue weighted by atomic mass is 10.0. The Kier molecular flexibility index (Phi) is 8.01. The normalized spacial score (nSPS) is 18.5. The molecular formula is C25H36N7O+. The van der Waals surface area contributed by atoms with E-state index in [1.165, 1.54) is 32.0 Å². The van der Waals surface area contributed by atoms with Gasteiger partial charge in [-0.2, -0.15) is 0 Å². The van der Waals surface area contributed by atoms with Crippen LogP contribution in [0.5, 0.6) is 0 Å². The number of quaternary nitrogens is 1. The summed E-state index contributed by atoms with van der Waals surface area (Å²) in [6.07, 6.45) is 13.2. The lowest BCUT2D eigenvalue weighted by molar-refractivity contribution is -0.628. The fourth-order valence-corrected chi connectivity index (χ4v) is 4.79. The van der Waals surface area contributed by atoms with Crippen molar-refractivity contribution in [1.82, 2.24) is 20.2 Å². The molecule has 2 aromatic rings. The van der Waals surface area contributed by atoms with Gasteiger partial charge in [-0.25, -0.2) is 9.78 Å². The van der Waals surface area contributed by atoms with Gasteiger partial charge >= 0.3 is 6.03 Å². The highest BCUT2D eigenvalue weighted by atomic mass is 16.2. The predicted molar refractivity (Wildman–Crippen MR) is 132 cm³/mol. The van der Waals surface area contributed by atoms with Crippen molar-refractivity contribution >= 4 is 34.7 Å². The number of nitrogens with one attached hydrogen (secondary N) is 3. The van der Waals surface area contributed by atoms with E-state index in [0.717, 1.165) is 55.4 Å². The number of hydrogen-bond acceptors (Lipinski definition) is 5. The molecule has 1 aliphatic carbocycles. The number of aromatic nitrogens is 2. The molecule has 0 aromatic carbocycles. The lowest BCUT2D eigenvalue weighted by Gasteiger charge is -2.29. The lowest BCUT2D eigenvalue weighted by Crippen LogP contribution is -2.86. The van der Waals surface area contributed by atoms with Crippen molar-refractivity contribution in [3.63, 3.8) is 0 Å². The van der Waals surface area contributed by atoms with Crippen molar-refractivity contribution in [3.8, 4) is 0 Å². The van der Waals surface area contributed by atoms with E-state index in [-0.39, 0.29) is 12.1 Å². The van der Waals surface area contributed by atoms with Crippen LogP contribution in [0.2, 0.25) is 0 Å². The Morgan fingerprint density at radius 1 is 1.21 bits per heavy atom. The summed E-state index contributed by atoms with van der Waals surface area (Å²) in [6.45, 7) is 5.71. The first-order chi connectivity index (χ1) is 16.1. The molecule has 8 heteroatoms. The first-order valence-corrected chi connectivity index (χ1v) is 12.3. The van der Waals surface area contributed by atoms with E-state index in [1.54, 1.807) is 12.3 Å². The standard InChI is InChI=1S/C25H35N7O/c1-2-11-32-12-9-20(10-13-32)27-17-19(15-26)18-14-23-22(28-16-18)7-8-24(30-23)31-25(33)29-21-5-3-4-6-21/h7-8,14-17,20-21,26-27H,2-6,9-13H2,1H3,(H2,29,30,31,33)/p+1/b19-17+,26-15?. The molecule has 0 bridgehead atoms. The monoisotopic (exact) mass is 450 g/mol. The van der Waals surface area contributed by atoms with Gasteiger partial charge in [0.25, 0.3) is 0 Å². The molecule has 2 fully saturated rings. The second-order valence-corrected chi connectivity index (χ2v) is 9.18. The van der Waals surface area contributed by atoms with E-state index >= 15 is 0 Å². The van der Waals surface area contributed by atoms with Crippen LogP contribution in [0.1, 0.15) is 57.4 Å². The molecular weight excluding hydrogens is 414 g/mol. The van der Waals surface area contributed by atoms with Crippen molar-refractivity contribution < 1.29 is 10.1 Å². The van der Waals surface area contributed by atoms with E-state index < -0.39 is 0 Å². The third-order valence-corrected chi connectivity index (χ3v) is 6.68. The van der Waals surface area contributed by atoms with Crippen molar-refractivity contribution in [2.24, 2.45) is 0 Å². The van der Waals surface area contributed by atoms with Gasteiger partial charge in [-0.15, -0.1) is 0 Å². The van der Waals surface area contributed by atoms with Crippen LogP contribution in [0.4, 0.5) is 10.6 Å². The van der Waals surface area contributed by atoms with Gasteiger partial charge in [0.15, 0.2) is 0 Å². The fraction of sp³-hybridized carbons (Fsp3) is 0.520. The van der Waals surface area contributed by atoms with Gasteiger partial charge in [0, 0.05) is 49.9 Å². The zero-order valence-corrected chi connectivity index (χ0v) is 19.5. The molecule has 3 heterocycles. The SMILES string of the molecule is CCCN1CCC([NH2+]/C=C(\C=N)c2cnc3ccc(NC(=O)NC4CCCC4)nc3c2)CC1. The number of amides is 2. The van der Waals surface area contributed by atoms with Gasteiger partial charge in [-0.1, -0.05) is 19.8 Å². The number of carbonyl (C=O) groups excluding carboxylic acids is 1. The van der Waals surface area contributed by atoms with Crippen LogP contribution in [0.15, 0.2) is 30.6 Å². The minimum absolute atomic E-state index is 0.211. The number of nitrogens with two attached hydrogens (primary N) is 1. The number of allylic oxidation sites excluding steroid dienone is 1. The summed E-state index contributed by atoms with van der Waals surface area (Å²) in [5.74, 6) is 0.503. The first kappa shape index (κ1) is 23.3. The maximum absolute atomic E-state index is 12.3. The Morgan fingerprint density at radius 3 is 2.73 bits per heavy atom. The largest absolute Gasteiger partial charge is 0.335 e. The summed E-state index contributed by atoms with van der Waals surface area (Å²) in [7, 11) is 0. The zero-order chi connectivity index (χ0) is 23.0. The Morgan fingerprint density at radius 2 is 2.00 bits per heavy atom. The third kappa shape index (κ3) is 6.36. The van der Waals surface area contributed by atoms with Crippen molar-refractivity contribution in [2.45, 2.75) is 64.0 Å². The number of rotatable bonds is 8. The van der Waals surface area contributed by atoms with Crippen LogP contribution in [0.3, 0.4) is 0 Å². The Hall–Kier alpha value is -2.84. The van der Waals surface area contributed by atoms with E-state index in [0.29, 0.717) is 17.4 Å². The number of fused-ring (bicyclic) bond motifs is 1. The van der Waals surface area contributed by atoms with E-state index in [2.05, 4.69) is 37.7 Å². The number of anilines is 1. The molecule has 176 valence electrons. The number of likely N-dealkylation sites (tertiary alicyclic amines) is 1. The summed E-state index contributed by atoms with van der Waals surface area (Å²) in [6, 6.07) is 6.17. The third-order valence-electron chi connectivity index (χ3n) is 6.68. The number of piperidine rings is 1. The average molecular weight is 451 g/mol. The summed E-state index contributed by atoms with van der Waals surface area (Å²) in [5, 5.41) is 16.0. The molecule has 33 heavy (non-hydrogen) atoms. The quantitative estimate of drug-likeness (QED) is 0.463. The van der Waals surface area contributed by atoms with Crippen LogP contribution in [0, 0.1) is 5.41 Å². The Balaban J connectivity index is 1.41. The summed E-state index contributed by atoms with van der Waals surface area (Å²) in [4.78, 5) is 23.9. The van der Waals surface area contributed by atoms with Crippen LogP contribution < -0.4 is 16.0 Å². The number of carbonyl (C=O) groups is 1. The molecule has 0 radical (unpaired) electrons. The highest BCUT2D eigenvalue weighted by Gasteiger charge is 2.20. The van der Waals surface area contributed by atoms with Gasteiger partial charge in [0.1, 0.15) is 12.0 Å². The number of nitrogens with zero attached hydrogens (tertiary/aromatic N) is 3. The molecule has 4 rings (SSSR count). The van der Waals surface area contributed by atoms with E-state index in [4.69, 9.17) is 5.41 Å². The smallest absolute Gasteiger partial charge is 0.320 e. The van der Waals surface area contributed by atoms with E-state index in [9.17, 15) is 4.79 Å². The number of pyridine rings is 2. The topological polar surface area (TPSA) is 111 Å². The highest BCUT2D eigenvalue weighted by Crippen LogP contribution is 2.20. The van der Waals surface area contributed by atoms with Crippen LogP contribution >= 0.6 is 0 Å². The second-order valence-electron chi connectivity index (χ2n) is 9.18. The number of urea groups is 1. The molecule has 0 atom stereocenters. The maximum atomic E-state index is 12.3. The Bertz CT molecular complexity index is 991. The minimum atomic E-state index is -0.211. The first-order valence-electron chi connectivity index (χ1n) is 12.3. The highest BCUT2D eigenvalue weighted by molar-refractivity contribution is 6.08. The van der Waals surface area contributed by atoms with Gasteiger partial charge in [0.05, 0.1) is 22.6 Å².